The Morgan fingerprint density at radius 2 is 1.17 bits per heavy atom. The molecule has 0 aliphatic heterocycles. The Morgan fingerprint density at radius 1 is 0.694 bits per heavy atom. The van der Waals surface area contributed by atoms with Crippen LogP contribution < -0.4 is 0 Å². The lowest BCUT2D eigenvalue weighted by Gasteiger charge is -2.22. The molecule has 0 atom stereocenters. The summed E-state index contributed by atoms with van der Waals surface area (Å²) in [6.07, 6.45) is 22.2. The number of hydrogen-bond acceptors (Lipinski definition) is 3. The van der Waals surface area contributed by atoms with Gasteiger partial charge in [-0.1, -0.05) is 134 Å². The second-order valence-electron chi connectivity index (χ2n) is 10.3. The fourth-order valence-corrected chi connectivity index (χ4v) is 4.79. The van der Waals surface area contributed by atoms with Gasteiger partial charge in [-0.25, -0.2) is 5.06 Å². The molecule has 4 heteroatoms. The highest BCUT2D eigenvalue weighted by Gasteiger charge is 2.20. The highest BCUT2D eigenvalue weighted by Crippen LogP contribution is 2.26. The third-order valence-electron chi connectivity index (χ3n) is 6.99. The number of nitrogens with zero attached hydrogens (tertiary/aromatic N) is 1. The van der Waals surface area contributed by atoms with Crippen LogP contribution in [-0.4, -0.2) is 29.2 Å². The van der Waals surface area contributed by atoms with Crippen molar-refractivity contribution >= 4 is 16.7 Å². The van der Waals surface area contributed by atoms with Crippen molar-refractivity contribution in [2.75, 3.05) is 13.2 Å². The first kappa shape index (κ1) is 30.2. The van der Waals surface area contributed by atoms with Gasteiger partial charge in [-0.2, -0.15) is 0 Å². The van der Waals surface area contributed by atoms with Crippen LogP contribution >= 0.6 is 0 Å². The normalized spacial score (nSPS) is 11.3. The zero-order valence-electron chi connectivity index (χ0n) is 23.1. The third-order valence-corrected chi connectivity index (χ3v) is 6.99. The molecule has 1 amide bonds. The SMILES string of the molecule is CCCCCCCCCCCCCCCCCCON(CCC)C(=O)c1cc2ccccc2cc1O. The molecule has 0 radical (unpaired) electrons. The van der Waals surface area contributed by atoms with E-state index < -0.39 is 0 Å². The van der Waals surface area contributed by atoms with Gasteiger partial charge in [0.15, 0.2) is 0 Å². The van der Waals surface area contributed by atoms with Gasteiger partial charge in [-0.3, -0.25) is 9.63 Å². The molecule has 0 saturated carbocycles. The van der Waals surface area contributed by atoms with Crippen molar-refractivity contribution in [1.29, 1.82) is 0 Å². The van der Waals surface area contributed by atoms with Crippen molar-refractivity contribution in [3.8, 4) is 5.75 Å². The molecule has 1 N–H and O–H groups in total. The van der Waals surface area contributed by atoms with Crippen LogP contribution in [0.1, 0.15) is 133 Å². The number of phenols is 1. The number of hydroxylamine groups is 2. The first-order valence-corrected chi connectivity index (χ1v) is 14.8. The van der Waals surface area contributed by atoms with Gasteiger partial charge in [-0.05, 0) is 35.7 Å². The Labute approximate surface area is 220 Å². The maximum Gasteiger partial charge on any atom is 0.281 e. The third kappa shape index (κ3) is 11.8. The van der Waals surface area contributed by atoms with E-state index in [1.807, 2.05) is 31.2 Å². The van der Waals surface area contributed by atoms with Gasteiger partial charge in [-0.15, -0.1) is 0 Å². The van der Waals surface area contributed by atoms with E-state index in [0.29, 0.717) is 18.7 Å². The number of carbonyl (C=O) groups is 1. The summed E-state index contributed by atoms with van der Waals surface area (Å²) in [7, 11) is 0. The Kier molecular flexibility index (Phi) is 16.0. The fourth-order valence-electron chi connectivity index (χ4n) is 4.79. The average molecular weight is 498 g/mol. The summed E-state index contributed by atoms with van der Waals surface area (Å²) in [4.78, 5) is 18.9. The first-order chi connectivity index (χ1) is 17.7. The largest absolute Gasteiger partial charge is 0.507 e. The minimum absolute atomic E-state index is 0.00538. The second kappa shape index (κ2) is 19.1. The molecule has 0 heterocycles. The van der Waals surface area contributed by atoms with Crippen molar-refractivity contribution in [1.82, 2.24) is 5.06 Å². The molecule has 4 nitrogen and oxygen atoms in total. The van der Waals surface area contributed by atoms with Crippen LogP contribution in [0.25, 0.3) is 10.8 Å². The lowest BCUT2D eigenvalue weighted by atomic mass is 10.0. The van der Waals surface area contributed by atoms with Gasteiger partial charge < -0.3 is 5.11 Å². The maximum atomic E-state index is 13.0. The molecule has 0 aliphatic carbocycles. The van der Waals surface area contributed by atoms with E-state index in [2.05, 4.69) is 6.92 Å². The van der Waals surface area contributed by atoms with Gasteiger partial charge >= 0.3 is 0 Å². The Balaban J connectivity index is 1.53. The molecule has 2 rings (SSSR count). The highest BCUT2D eigenvalue weighted by atomic mass is 16.7. The number of carbonyl (C=O) groups excluding carboxylic acids is 1. The zero-order valence-corrected chi connectivity index (χ0v) is 23.1. The summed E-state index contributed by atoms with van der Waals surface area (Å²) in [6.45, 7) is 5.36. The second-order valence-corrected chi connectivity index (χ2v) is 10.3. The highest BCUT2D eigenvalue weighted by molar-refractivity contribution is 6.01. The van der Waals surface area contributed by atoms with E-state index >= 15 is 0 Å². The number of fused-ring (bicyclic) bond motifs is 1. The molecule has 0 fully saturated rings. The summed E-state index contributed by atoms with van der Waals surface area (Å²) < 4.78 is 0. The van der Waals surface area contributed by atoms with Crippen LogP contribution in [0.15, 0.2) is 36.4 Å². The molecule has 2 aromatic rings. The van der Waals surface area contributed by atoms with Crippen molar-refractivity contribution in [2.24, 2.45) is 0 Å². The number of unbranched alkanes of at least 4 members (excludes halogenated alkanes) is 15. The molecule has 2 aromatic carbocycles. The summed E-state index contributed by atoms with van der Waals surface area (Å²) in [6, 6.07) is 11.2. The zero-order chi connectivity index (χ0) is 25.8. The maximum absolute atomic E-state index is 13.0. The molecule has 0 unspecified atom stereocenters. The van der Waals surface area contributed by atoms with Crippen LogP contribution in [0.3, 0.4) is 0 Å². The minimum Gasteiger partial charge on any atom is -0.507 e. The molecule has 0 saturated heterocycles. The minimum atomic E-state index is -0.267. The van der Waals surface area contributed by atoms with Crippen molar-refractivity contribution < 1.29 is 14.7 Å². The number of hydrogen-bond donors (Lipinski definition) is 1. The van der Waals surface area contributed by atoms with Crippen LogP contribution in [0.5, 0.6) is 5.75 Å². The number of phenolic OH excluding ortho intramolecular Hbond substituents is 1. The van der Waals surface area contributed by atoms with E-state index in [1.165, 1.54) is 95.0 Å². The van der Waals surface area contributed by atoms with Crippen molar-refractivity contribution in [3.05, 3.63) is 42.0 Å². The topological polar surface area (TPSA) is 49.8 Å². The van der Waals surface area contributed by atoms with Crippen molar-refractivity contribution in [3.63, 3.8) is 0 Å². The first-order valence-electron chi connectivity index (χ1n) is 14.8. The Bertz CT molecular complexity index is 850. The Hall–Kier alpha value is -2.07. The Morgan fingerprint density at radius 3 is 1.67 bits per heavy atom. The van der Waals surface area contributed by atoms with Crippen LogP contribution in [0.4, 0.5) is 0 Å². The van der Waals surface area contributed by atoms with E-state index in [1.54, 1.807) is 12.1 Å². The lowest BCUT2D eigenvalue weighted by Crippen LogP contribution is -2.32. The predicted molar refractivity (Wildman–Crippen MR) is 152 cm³/mol. The van der Waals surface area contributed by atoms with E-state index in [9.17, 15) is 9.90 Å². The quantitative estimate of drug-likeness (QED) is 0.138. The molecule has 202 valence electrons. The molecular weight excluding hydrogens is 446 g/mol. The van der Waals surface area contributed by atoms with Gasteiger partial charge in [0.05, 0.1) is 12.2 Å². The number of amides is 1. The van der Waals surface area contributed by atoms with E-state index in [4.69, 9.17) is 4.84 Å². The smallest absolute Gasteiger partial charge is 0.281 e. The number of aromatic hydroxyl groups is 1. The summed E-state index contributed by atoms with van der Waals surface area (Å²) >= 11 is 0. The van der Waals surface area contributed by atoms with Crippen LogP contribution in [0.2, 0.25) is 0 Å². The van der Waals surface area contributed by atoms with Gasteiger partial charge in [0, 0.05) is 6.54 Å². The van der Waals surface area contributed by atoms with Gasteiger partial charge in [0.1, 0.15) is 5.75 Å². The summed E-state index contributed by atoms with van der Waals surface area (Å²) in [5.41, 5.74) is 0.300. The molecule has 0 spiro atoms. The molecule has 0 aromatic heterocycles. The van der Waals surface area contributed by atoms with Gasteiger partial charge in [0.25, 0.3) is 5.91 Å². The summed E-state index contributed by atoms with van der Waals surface area (Å²) in [5.74, 6) is -0.262. The number of benzene rings is 2. The summed E-state index contributed by atoms with van der Waals surface area (Å²) in [5, 5.41) is 13.7. The molecule has 36 heavy (non-hydrogen) atoms. The van der Waals surface area contributed by atoms with E-state index in [-0.39, 0.29) is 11.7 Å². The fraction of sp³-hybridized carbons (Fsp3) is 0.656. The van der Waals surface area contributed by atoms with Gasteiger partial charge in [0.2, 0.25) is 0 Å². The van der Waals surface area contributed by atoms with Crippen LogP contribution in [0, 0.1) is 0 Å². The number of rotatable bonds is 21. The molecular formula is C32H51NO3. The predicted octanol–water partition coefficient (Wildman–Crippen LogP) is 9.59. The standard InChI is InChI=1S/C32H51NO3/c1-3-5-6-7-8-9-10-11-12-13-14-15-16-17-18-21-25-36-33(24-4-2)32(35)30-26-28-22-19-20-23-29(28)27-31(30)34/h19-20,22-23,26-27,34H,3-18,21,24-25H2,1-2H3. The molecule has 0 aliphatic rings. The monoisotopic (exact) mass is 497 g/mol. The lowest BCUT2D eigenvalue weighted by molar-refractivity contribution is -0.124. The van der Waals surface area contributed by atoms with E-state index in [0.717, 1.165) is 30.0 Å². The molecule has 0 bridgehead atoms. The van der Waals surface area contributed by atoms with Crippen molar-refractivity contribution in [2.45, 2.75) is 123 Å². The van der Waals surface area contributed by atoms with Crippen LogP contribution in [-0.2, 0) is 4.84 Å². The average Bonchev–Trinajstić information content (AvgIpc) is 2.89.